The number of pyridine rings is 1. The molecule has 0 unspecified atom stereocenters. The predicted octanol–water partition coefficient (Wildman–Crippen LogP) is 1.17. The maximum absolute atomic E-state index is 12.0. The third-order valence-electron chi connectivity index (χ3n) is 3.26. The number of aromatic nitrogens is 1. The Kier molecular flexibility index (Phi) is 1.70. The third kappa shape index (κ3) is 1.10. The number of ketones is 1. The molecule has 4 rings (SSSR count). The molecule has 1 aliphatic heterocycles. The van der Waals surface area contributed by atoms with E-state index in [1.807, 2.05) is 30.3 Å². The van der Waals surface area contributed by atoms with Crippen molar-refractivity contribution in [2.75, 3.05) is 0 Å². The summed E-state index contributed by atoms with van der Waals surface area (Å²) in [7, 11) is 0. The molecule has 1 aliphatic carbocycles. The summed E-state index contributed by atoms with van der Waals surface area (Å²) in [6, 6.07) is 7.87. The van der Waals surface area contributed by atoms with Gasteiger partial charge in [0.2, 0.25) is 0 Å². The van der Waals surface area contributed by atoms with E-state index in [9.17, 15) is 4.79 Å². The number of fused-ring (bicyclic) bond motifs is 4. The Hall–Kier alpha value is -2.55. The van der Waals surface area contributed by atoms with Gasteiger partial charge in [-0.15, -0.1) is 0 Å². The van der Waals surface area contributed by atoms with Gasteiger partial charge in [-0.25, -0.2) is 4.99 Å². The molecule has 0 atom stereocenters. The van der Waals surface area contributed by atoms with Crippen molar-refractivity contribution in [2.45, 2.75) is 0 Å². The lowest BCUT2D eigenvalue weighted by Gasteiger charge is -2.04. The highest BCUT2D eigenvalue weighted by Gasteiger charge is 2.17. The largest absolute Gasteiger partial charge is 0.289 e. The van der Waals surface area contributed by atoms with Crippen LogP contribution in [0.3, 0.4) is 0 Å². The molecule has 0 N–H and O–H groups in total. The number of allylic oxidation sites excluding steroid dienone is 2. The molecule has 0 amide bonds. The van der Waals surface area contributed by atoms with E-state index in [-0.39, 0.29) is 5.78 Å². The van der Waals surface area contributed by atoms with Gasteiger partial charge in [-0.05, 0) is 18.2 Å². The predicted molar refractivity (Wildman–Crippen MR) is 66.7 cm³/mol. The highest BCUT2D eigenvalue weighted by molar-refractivity contribution is 6.09. The summed E-state index contributed by atoms with van der Waals surface area (Å²) in [4.78, 5) is 20.9. The molecule has 0 radical (unpaired) electrons. The number of para-hydroxylation sites is 1. The molecule has 0 fully saturated rings. The zero-order valence-corrected chi connectivity index (χ0v) is 9.42. The normalized spacial score (nSPS) is 14.3. The van der Waals surface area contributed by atoms with E-state index in [4.69, 9.17) is 0 Å². The van der Waals surface area contributed by atoms with Crippen LogP contribution in [0.25, 0.3) is 6.08 Å². The zero-order chi connectivity index (χ0) is 12.1. The zero-order valence-electron chi connectivity index (χ0n) is 9.42. The first kappa shape index (κ1) is 9.48. The number of carbonyl (C=O) groups is 1. The van der Waals surface area contributed by atoms with Crippen molar-refractivity contribution in [1.82, 2.24) is 4.98 Å². The Bertz CT molecular complexity index is 939. The fourth-order valence-electron chi connectivity index (χ4n) is 2.43. The van der Waals surface area contributed by atoms with E-state index in [1.54, 1.807) is 18.3 Å². The van der Waals surface area contributed by atoms with Gasteiger partial charge in [-0.3, -0.25) is 9.78 Å². The van der Waals surface area contributed by atoms with E-state index >= 15 is 0 Å². The molecule has 3 heteroatoms. The second kappa shape index (κ2) is 3.23. The van der Waals surface area contributed by atoms with Gasteiger partial charge in [0.05, 0.1) is 22.0 Å². The average Bonchev–Trinajstić information content (AvgIpc) is 2.77. The fraction of sp³-hybridized carbons (Fsp3) is 0. The van der Waals surface area contributed by atoms with Gasteiger partial charge in [0.25, 0.3) is 0 Å². The van der Waals surface area contributed by atoms with Crippen LogP contribution in [-0.2, 0) is 0 Å². The summed E-state index contributed by atoms with van der Waals surface area (Å²) in [5.74, 6) is -0.0200. The van der Waals surface area contributed by atoms with Gasteiger partial charge in [0.1, 0.15) is 0 Å². The first-order chi connectivity index (χ1) is 8.84. The van der Waals surface area contributed by atoms with Crippen LogP contribution in [0.15, 0.2) is 47.6 Å². The second-order valence-electron chi connectivity index (χ2n) is 4.30. The number of carbonyl (C=O) groups excluding carboxylic acids is 1. The van der Waals surface area contributed by atoms with Crippen molar-refractivity contribution < 1.29 is 4.79 Å². The van der Waals surface area contributed by atoms with Crippen molar-refractivity contribution in [3.8, 4) is 0 Å². The minimum Gasteiger partial charge on any atom is -0.289 e. The van der Waals surface area contributed by atoms with Gasteiger partial charge in [0.15, 0.2) is 5.78 Å². The Morgan fingerprint density at radius 1 is 1.06 bits per heavy atom. The van der Waals surface area contributed by atoms with Crippen molar-refractivity contribution in [2.24, 2.45) is 4.99 Å². The van der Waals surface area contributed by atoms with Gasteiger partial charge in [-0.1, -0.05) is 24.3 Å². The molecule has 0 spiro atoms. The van der Waals surface area contributed by atoms with Crippen molar-refractivity contribution in [3.05, 3.63) is 69.3 Å². The molecule has 3 nitrogen and oxygen atoms in total. The quantitative estimate of drug-likeness (QED) is 0.584. The summed E-state index contributed by atoms with van der Waals surface area (Å²) in [5.41, 5.74) is 1.37. The fourth-order valence-corrected chi connectivity index (χ4v) is 2.43. The molecular weight excluding hydrogens is 224 g/mol. The van der Waals surface area contributed by atoms with Crippen LogP contribution >= 0.6 is 0 Å². The van der Waals surface area contributed by atoms with Crippen molar-refractivity contribution >= 4 is 17.5 Å². The van der Waals surface area contributed by atoms with E-state index in [0.717, 1.165) is 21.5 Å². The van der Waals surface area contributed by atoms with E-state index in [2.05, 4.69) is 9.98 Å². The molecule has 0 saturated heterocycles. The molecule has 2 aromatic rings. The molecule has 1 aromatic carbocycles. The van der Waals surface area contributed by atoms with Crippen LogP contribution in [-0.4, -0.2) is 10.8 Å². The van der Waals surface area contributed by atoms with Crippen LogP contribution in [0.1, 0.15) is 10.4 Å². The van der Waals surface area contributed by atoms with Crippen LogP contribution in [0.4, 0.5) is 5.69 Å². The average molecular weight is 232 g/mol. The third-order valence-corrected chi connectivity index (χ3v) is 3.26. The number of benzene rings is 1. The lowest BCUT2D eigenvalue weighted by Crippen LogP contribution is -2.19. The maximum Gasteiger partial charge on any atom is 0.190 e. The molecule has 84 valence electrons. The maximum atomic E-state index is 12.0. The minimum absolute atomic E-state index is 0.0200. The van der Waals surface area contributed by atoms with Crippen LogP contribution in [0, 0.1) is 10.4 Å². The first-order valence-electron chi connectivity index (χ1n) is 5.74. The van der Waals surface area contributed by atoms with Crippen LogP contribution in [0.5, 0.6) is 0 Å². The minimum atomic E-state index is -0.0200. The molecule has 18 heavy (non-hydrogen) atoms. The Balaban J connectivity index is 2.29. The first-order valence-corrected chi connectivity index (χ1v) is 5.74. The second-order valence-corrected chi connectivity index (χ2v) is 4.30. The number of hydrogen-bond acceptors (Lipinski definition) is 3. The van der Waals surface area contributed by atoms with E-state index in [1.165, 1.54) is 0 Å². The standard InChI is InChI=1S/C15H8N2O/c18-13-7-3-6-12-14(13)15-10(8-16-12)9-4-1-2-5-11(9)17-15/h1-8H. The van der Waals surface area contributed by atoms with Crippen LogP contribution in [0.2, 0.25) is 0 Å². The molecule has 2 heterocycles. The van der Waals surface area contributed by atoms with Gasteiger partial charge < -0.3 is 0 Å². The van der Waals surface area contributed by atoms with Crippen molar-refractivity contribution in [1.29, 1.82) is 0 Å². The van der Waals surface area contributed by atoms with Gasteiger partial charge in [0, 0.05) is 16.6 Å². The number of rotatable bonds is 0. The SMILES string of the molecule is O=C1C=CC=c2ncc3c(c21)N=c1ccccc1=3. The molecule has 1 aromatic heterocycles. The lowest BCUT2D eigenvalue weighted by molar-refractivity contribution is 0.104. The van der Waals surface area contributed by atoms with E-state index < -0.39 is 0 Å². The van der Waals surface area contributed by atoms with Gasteiger partial charge >= 0.3 is 0 Å². The Morgan fingerprint density at radius 3 is 2.89 bits per heavy atom. The summed E-state index contributed by atoms with van der Waals surface area (Å²) in [6.45, 7) is 0. The summed E-state index contributed by atoms with van der Waals surface area (Å²) in [6.07, 6.45) is 6.93. The summed E-state index contributed by atoms with van der Waals surface area (Å²) >= 11 is 0. The lowest BCUT2D eigenvalue weighted by atomic mass is 10.0. The Morgan fingerprint density at radius 2 is 1.94 bits per heavy atom. The smallest absolute Gasteiger partial charge is 0.190 e. The number of hydrogen-bond donors (Lipinski definition) is 0. The van der Waals surface area contributed by atoms with E-state index in [0.29, 0.717) is 10.9 Å². The highest BCUT2D eigenvalue weighted by atomic mass is 16.1. The summed E-state index contributed by atoms with van der Waals surface area (Å²) < 4.78 is 0. The number of nitrogens with zero attached hydrogens (tertiary/aromatic N) is 2. The summed E-state index contributed by atoms with van der Waals surface area (Å²) in [5, 5.41) is 3.61. The Labute approximate surface area is 102 Å². The molecule has 0 saturated carbocycles. The monoisotopic (exact) mass is 232 g/mol. The van der Waals surface area contributed by atoms with Gasteiger partial charge in [-0.2, -0.15) is 0 Å². The highest BCUT2D eigenvalue weighted by Crippen LogP contribution is 2.21. The molecule has 0 bridgehead atoms. The van der Waals surface area contributed by atoms with Crippen molar-refractivity contribution in [3.63, 3.8) is 0 Å². The topological polar surface area (TPSA) is 42.3 Å². The van der Waals surface area contributed by atoms with Crippen LogP contribution < -0.4 is 10.7 Å². The molecule has 2 aliphatic rings. The molecular formula is C15H8N2O.